The zero-order valence-corrected chi connectivity index (χ0v) is 13.0. The van der Waals surface area contributed by atoms with Crippen LogP contribution in [-0.2, 0) is 6.61 Å². The van der Waals surface area contributed by atoms with Crippen molar-refractivity contribution >= 4 is 17.2 Å². The van der Waals surface area contributed by atoms with E-state index in [-0.39, 0.29) is 0 Å². The maximum Gasteiger partial charge on any atom is 0.153 e. The fourth-order valence-corrected chi connectivity index (χ4v) is 2.18. The van der Waals surface area contributed by atoms with E-state index in [0.717, 1.165) is 22.7 Å². The van der Waals surface area contributed by atoms with Crippen LogP contribution in [0.5, 0.6) is 5.75 Å². The third-order valence-corrected chi connectivity index (χ3v) is 3.43. The molecule has 3 N–H and O–H groups in total. The van der Waals surface area contributed by atoms with Crippen LogP contribution in [0.2, 0.25) is 0 Å². The molecular formula is C19H19N3O. The summed E-state index contributed by atoms with van der Waals surface area (Å²) in [5.41, 5.74) is 9.54. The van der Waals surface area contributed by atoms with Gasteiger partial charge in [-0.05, 0) is 48.9 Å². The van der Waals surface area contributed by atoms with Crippen LogP contribution in [0.3, 0.4) is 0 Å². The molecule has 0 amide bonds. The number of nitrogens with one attached hydrogen (secondary N) is 1. The first-order valence-electron chi connectivity index (χ1n) is 7.47. The summed E-state index contributed by atoms with van der Waals surface area (Å²) in [5, 5.41) is 3.22. The van der Waals surface area contributed by atoms with E-state index in [1.54, 1.807) is 0 Å². The SMILES string of the molecule is Cc1ccc(N)c(Nc2ccc(OCc3ccccc3)cc2)n1. The summed E-state index contributed by atoms with van der Waals surface area (Å²) in [6.07, 6.45) is 0. The number of pyridine rings is 1. The number of hydrogen-bond donors (Lipinski definition) is 2. The number of nitrogens with zero attached hydrogens (tertiary/aromatic N) is 1. The van der Waals surface area contributed by atoms with E-state index in [1.165, 1.54) is 0 Å². The lowest BCUT2D eigenvalue weighted by Gasteiger charge is -2.10. The smallest absolute Gasteiger partial charge is 0.153 e. The number of aryl methyl sites for hydroxylation is 1. The van der Waals surface area contributed by atoms with E-state index >= 15 is 0 Å². The second kappa shape index (κ2) is 6.83. The van der Waals surface area contributed by atoms with Gasteiger partial charge in [0.2, 0.25) is 0 Å². The van der Waals surface area contributed by atoms with Gasteiger partial charge in [-0.25, -0.2) is 4.98 Å². The zero-order valence-electron chi connectivity index (χ0n) is 13.0. The number of hydrogen-bond acceptors (Lipinski definition) is 4. The molecule has 0 aliphatic rings. The largest absolute Gasteiger partial charge is 0.489 e. The standard InChI is InChI=1S/C19H19N3O/c1-14-7-12-18(20)19(21-14)22-16-8-10-17(11-9-16)23-13-15-5-3-2-4-6-15/h2-12H,13,20H2,1H3,(H,21,22). The average molecular weight is 305 g/mol. The Balaban J connectivity index is 1.64. The zero-order chi connectivity index (χ0) is 16.1. The molecule has 3 rings (SSSR count). The summed E-state index contributed by atoms with van der Waals surface area (Å²) in [7, 11) is 0. The monoisotopic (exact) mass is 305 g/mol. The summed E-state index contributed by atoms with van der Waals surface area (Å²) in [5.74, 6) is 1.49. The van der Waals surface area contributed by atoms with Gasteiger partial charge in [-0.15, -0.1) is 0 Å². The normalized spacial score (nSPS) is 10.3. The molecule has 2 aromatic carbocycles. The quantitative estimate of drug-likeness (QED) is 0.738. The number of nitrogens with two attached hydrogens (primary N) is 1. The molecule has 4 nitrogen and oxygen atoms in total. The Morgan fingerprint density at radius 1 is 0.957 bits per heavy atom. The molecule has 0 fully saturated rings. The number of ether oxygens (including phenoxy) is 1. The van der Waals surface area contributed by atoms with Crippen LogP contribution in [-0.4, -0.2) is 4.98 Å². The lowest BCUT2D eigenvalue weighted by molar-refractivity contribution is 0.306. The summed E-state index contributed by atoms with van der Waals surface area (Å²) in [4.78, 5) is 4.40. The van der Waals surface area contributed by atoms with Crippen LogP contribution in [0, 0.1) is 6.92 Å². The Bertz CT molecular complexity index is 770. The van der Waals surface area contributed by atoms with Gasteiger partial charge in [0.15, 0.2) is 5.82 Å². The number of aromatic nitrogens is 1. The van der Waals surface area contributed by atoms with Gasteiger partial charge in [0.05, 0.1) is 5.69 Å². The van der Waals surface area contributed by atoms with Crippen molar-refractivity contribution in [3.63, 3.8) is 0 Å². The lowest BCUT2D eigenvalue weighted by Crippen LogP contribution is -2.00. The summed E-state index contributed by atoms with van der Waals surface area (Å²) in [6, 6.07) is 21.6. The van der Waals surface area contributed by atoms with Gasteiger partial charge in [-0.2, -0.15) is 0 Å². The molecule has 0 aliphatic carbocycles. The van der Waals surface area contributed by atoms with Gasteiger partial charge in [-0.1, -0.05) is 30.3 Å². The first kappa shape index (κ1) is 14.9. The van der Waals surface area contributed by atoms with Crippen molar-refractivity contribution in [1.29, 1.82) is 0 Å². The Kier molecular flexibility index (Phi) is 4.43. The van der Waals surface area contributed by atoms with Crippen molar-refractivity contribution in [1.82, 2.24) is 4.98 Å². The second-order valence-corrected chi connectivity index (χ2v) is 5.31. The van der Waals surface area contributed by atoms with Gasteiger partial charge in [-0.3, -0.25) is 0 Å². The molecule has 3 aromatic rings. The maximum atomic E-state index is 5.93. The van der Waals surface area contributed by atoms with E-state index in [0.29, 0.717) is 18.1 Å². The van der Waals surface area contributed by atoms with Crippen LogP contribution < -0.4 is 15.8 Å². The van der Waals surface area contributed by atoms with Gasteiger partial charge < -0.3 is 15.8 Å². The van der Waals surface area contributed by atoms with E-state index in [4.69, 9.17) is 10.5 Å². The fraction of sp³-hybridized carbons (Fsp3) is 0.105. The Labute approximate surface area is 135 Å². The highest BCUT2D eigenvalue weighted by Crippen LogP contribution is 2.23. The summed E-state index contributed by atoms with van der Waals surface area (Å²) < 4.78 is 5.77. The lowest BCUT2D eigenvalue weighted by atomic mass is 10.2. The Morgan fingerprint density at radius 2 is 1.70 bits per heavy atom. The molecule has 1 heterocycles. The molecule has 0 aliphatic heterocycles. The first-order chi connectivity index (χ1) is 11.2. The van der Waals surface area contributed by atoms with E-state index in [2.05, 4.69) is 10.3 Å². The van der Waals surface area contributed by atoms with Crippen LogP contribution in [0.25, 0.3) is 0 Å². The molecule has 1 aromatic heterocycles. The fourth-order valence-electron chi connectivity index (χ4n) is 2.18. The molecule has 0 atom stereocenters. The van der Waals surface area contributed by atoms with Crippen LogP contribution in [0.4, 0.5) is 17.2 Å². The third kappa shape index (κ3) is 4.01. The molecule has 0 saturated carbocycles. The summed E-state index contributed by atoms with van der Waals surface area (Å²) >= 11 is 0. The van der Waals surface area contributed by atoms with E-state index < -0.39 is 0 Å². The molecule has 0 saturated heterocycles. The molecule has 0 bridgehead atoms. The Morgan fingerprint density at radius 3 is 2.43 bits per heavy atom. The van der Waals surface area contributed by atoms with Crippen LogP contribution >= 0.6 is 0 Å². The minimum Gasteiger partial charge on any atom is -0.489 e. The van der Waals surface area contributed by atoms with Gasteiger partial charge in [0, 0.05) is 11.4 Å². The van der Waals surface area contributed by atoms with E-state index in [9.17, 15) is 0 Å². The Hall–Kier alpha value is -3.01. The minimum absolute atomic E-state index is 0.556. The predicted octanol–water partition coefficient (Wildman–Crippen LogP) is 4.29. The highest BCUT2D eigenvalue weighted by Gasteiger charge is 2.02. The highest BCUT2D eigenvalue weighted by atomic mass is 16.5. The van der Waals surface area contributed by atoms with Gasteiger partial charge in [0.1, 0.15) is 12.4 Å². The van der Waals surface area contributed by atoms with Crippen molar-refractivity contribution in [3.8, 4) is 5.75 Å². The molecule has 116 valence electrons. The van der Waals surface area contributed by atoms with Crippen LogP contribution in [0.1, 0.15) is 11.3 Å². The van der Waals surface area contributed by atoms with Crippen molar-refractivity contribution in [2.24, 2.45) is 0 Å². The maximum absolute atomic E-state index is 5.93. The number of anilines is 3. The van der Waals surface area contributed by atoms with Crippen molar-refractivity contribution in [2.45, 2.75) is 13.5 Å². The molecule has 0 unspecified atom stereocenters. The molecular weight excluding hydrogens is 286 g/mol. The van der Waals surface area contributed by atoms with Gasteiger partial charge in [0.25, 0.3) is 0 Å². The first-order valence-corrected chi connectivity index (χ1v) is 7.47. The average Bonchev–Trinajstić information content (AvgIpc) is 2.58. The minimum atomic E-state index is 0.556. The number of rotatable bonds is 5. The second-order valence-electron chi connectivity index (χ2n) is 5.31. The predicted molar refractivity (Wildman–Crippen MR) is 93.9 cm³/mol. The third-order valence-electron chi connectivity index (χ3n) is 3.43. The number of benzene rings is 2. The number of nitrogen functional groups attached to an aromatic ring is 1. The summed E-state index contributed by atoms with van der Waals surface area (Å²) in [6.45, 7) is 2.49. The van der Waals surface area contributed by atoms with E-state index in [1.807, 2.05) is 73.7 Å². The van der Waals surface area contributed by atoms with Crippen molar-refractivity contribution in [3.05, 3.63) is 78.0 Å². The van der Waals surface area contributed by atoms with Crippen LogP contribution in [0.15, 0.2) is 66.7 Å². The highest BCUT2D eigenvalue weighted by molar-refractivity contribution is 5.68. The molecule has 4 heteroatoms. The van der Waals surface area contributed by atoms with Gasteiger partial charge >= 0.3 is 0 Å². The molecule has 0 radical (unpaired) electrons. The molecule has 23 heavy (non-hydrogen) atoms. The van der Waals surface area contributed by atoms with Crippen molar-refractivity contribution in [2.75, 3.05) is 11.1 Å². The van der Waals surface area contributed by atoms with Crippen molar-refractivity contribution < 1.29 is 4.74 Å². The topological polar surface area (TPSA) is 60.2 Å². The molecule has 0 spiro atoms.